The molecule has 17 heavy (non-hydrogen) atoms. The predicted molar refractivity (Wildman–Crippen MR) is 64.3 cm³/mol. The highest BCUT2D eigenvalue weighted by Crippen LogP contribution is 2.47. The Balaban J connectivity index is 2.02. The average molecular weight is 235 g/mol. The third-order valence-corrected chi connectivity index (χ3v) is 3.31. The second-order valence-electron chi connectivity index (χ2n) is 4.35. The minimum absolute atomic E-state index is 0.0977. The molecule has 0 unspecified atom stereocenters. The number of carbonyl (C=O) groups is 1. The van der Waals surface area contributed by atoms with E-state index in [1.807, 2.05) is 12.1 Å². The van der Waals surface area contributed by atoms with Gasteiger partial charge in [0.2, 0.25) is 0 Å². The SMILES string of the molecule is COC(=O)NCC1(c2ccc(OC)cc2)CC1. The molecule has 4 nitrogen and oxygen atoms in total. The van der Waals surface area contributed by atoms with Gasteiger partial charge in [0.1, 0.15) is 5.75 Å². The first kappa shape index (κ1) is 11.8. The van der Waals surface area contributed by atoms with Crippen LogP contribution in [0.5, 0.6) is 5.75 Å². The van der Waals surface area contributed by atoms with Crippen LogP contribution in [0.2, 0.25) is 0 Å². The summed E-state index contributed by atoms with van der Waals surface area (Å²) in [5, 5.41) is 2.77. The number of alkyl carbamates (subject to hydrolysis) is 1. The molecular weight excluding hydrogens is 218 g/mol. The topological polar surface area (TPSA) is 47.6 Å². The highest BCUT2D eigenvalue weighted by atomic mass is 16.5. The van der Waals surface area contributed by atoms with Crippen LogP contribution < -0.4 is 10.1 Å². The normalized spacial score (nSPS) is 16.1. The molecular formula is C13H17NO3. The summed E-state index contributed by atoms with van der Waals surface area (Å²) in [4.78, 5) is 11.1. The Hall–Kier alpha value is -1.71. The second kappa shape index (κ2) is 4.65. The molecule has 4 heteroatoms. The summed E-state index contributed by atoms with van der Waals surface area (Å²) >= 11 is 0. The maximum absolute atomic E-state index is 11.1. The lowest BCUT2D eigenvalue weighted by atomic mass is 9.96. The lowest BCUT2D eigenvalue weighted by Gasteiger charge is -2.16. The van der Waals surface area contributed by atoms with Gasteiger partial charge in [-0.3, -0.25) is 0 Å². The summed E-state index contributed by atoms with van der Waals surface area (Å²) < 4.78 is 9.70. The minimum Gasteiger partial charge on any atom is -0.497 e. The molecule has 1 aliphatic rings. The van der Waals surface area contributed by atoms with Crippen molar-refractivity contribution in [1.82, 2.24) is 5.32 Å². The summed E-state index contributed by atoms with van der Waals surface area (Å²) in [7, 11) is 3.03. The van der Waals surface area contributed by atoms with Gasteiger partial charge >= 0.3 is 6.09 Å². The third-order valence-electron chi connectivity index (χ3n) is 3.31. The largest absolute Gasteiger partial charge is 0.497 e. The zero-order valence-electron chi connectivity index (χ0n) is 10.2. The van der Waals surface area contributed by atoms with Crippen LogP contribution >= 0.6 is 0 Å². The van der Waals surface area contributed by atoms with Crippen LogP contribution in [-0.4, -0.2) is 26.9 Å². The van der Waals surface area contributed by atoms with Crippen molar-refractivity contribution >= 4 is 6.09 Å². The number of nitrogens with one attached hydrogen (secondary N) is 1. The molecule has 1 amide bonds. The van der Waals surface area contributed by atoms with Gasteiger partial charge in [-0.05, 0) is 30.5 Å². The van der Waals surface area contributed by atoms with Gasteiger partial charge in [0, 0.05) is 12.0 Å². The molecule has 0 radical (unpaired) electrons. The van der Waals surface area contributed by atoms with Gasteiger partial charge in [0.15, 0.2) is 0 Å². The molecule has 1 saturated carbocycles. The van der Waals surface area contributed by atoms with Gasteiger partial charge in [-0.1, -0.05) is 12.1 Å². The maximum Gasteiger partial charge on any atom is 0.406 e. The number of methoxy groups -OCH3 is 2. The Labute approximate surface area is 101 Å². The highest BCUT2D eigenvalue weighted by molar-refractivity contribution is 5.67. The fourth-order valence-electron chi connectivity index (χ4n) is 1.98. The number of ether oxygens (including phenoxy) is 2. The van der Waals surface area contributed by atoms with Gasteiger partial charge in [-0.25, -0.2) is 4.79 Å². The molecule has 1 aromatic carbocycles. The van der Waals surface area contributed by atoms with Crippen LogP contribution in [-0.2, 0) is 10.2 Å². The van der Waals surface area contributed by atoms with E-state index >= 15 is 0 Å². The molecule has 0 aromatic heterocycles. The van der Waals surface area contributed by atoms with Gasteiger partial charge < -0.3 is 14.8 Å². The van der Waals surface area contributed by atoms with Crippen molar-refractivity contribution in [3.63, 3.8) is 0 Å². The van der Waals surface area contributed by atoms with Gasteiger partial charge in [0.25, 0.3) is 0 Å². The van der Waals surface area contributed by atoms with E-state index in [1.165, 1.54) is 12.7 Å². The summed E-state index contributed by atoms with van der Waals surface area (Å²) in [6, 6.07) is 8.02. The smallest absolute Gasteiger partial charge is 0.406 e. The first-order valence-electron chi connectivity index (χ1n) is 5.66. The number of carbonyl (C=O) groups excluding carboxylic acids is 1. The van der Waals surface area contributed by atoms with Crippen LogP contribution in [0.1, 0.15) is 18.4 Å². The molecule has 0 spiro atoms. The third kappa shape index (κ3) is 2.52. The van der Waals surface area contributed by atoms with Crippen LogP contribution in [0.4, 0.5) is 4.79 Å². The van der Waals surface area contributed by atoms with Crippen LogP contribution in [0.3, 0.4) is 0 Å². The van der Waals surface area contributed by atoms with Gasteiger partial charge in [-0.15, -0.1) is 0 Å². The molecule has 0 heterocycles. The van der Waals surface area contributed by atoms with Gasteiger partial charge in [0.05, 0.1) is 14.2 Å². The van der Waals surface area contributed by atoms with Crippen molar-refractivity contribution in [2.24, 2.45) is 0 Å². The summed E-state index contributed by atoms with van der Waals surface area (Å²) in [5.74, 6) is 0.852. The van der Waals surface area contributed by atoms with Crippen molar-refractivity contribution < 1.29 is 14.3 Å². The van der Waals surface area contributed by atoms with E-state index in [1.54, 1.807) is 7.11 Å². The van der Waals surface area contributed by atoms with Crippen molar-refractivity contribution in [3.8, 4) is 5.75 Å². The maximum atomic E-state index is 11.1. The van der Waals surface area contributed by atoms with E-state index in [-0.39, 0.29) is 11.5 Å². The average Bonchev–Trinajstić information content (AvgIpc) is 3.17. The summed E-state index contributed by atoms with van der Waals surface area (Å²) in [5.41, 5.74) is 1.34. The Morgan fingerprint density at radius 1 is 1.29 bits per heavy atom. The molecule has 1 N–H and O–H groups in total. The lowest BCUT2D eigenvalue weighted by Crippen LogP contribution is -2.32. The van der Waals surface area contributed by atoms with Gasteiger partial charge in [-0.2, -0.15) is 0 Å². The summed E-state index contributed by atoms with van der Waals surface area (Å²) in [6.07, 6.45) is 1.83. The second-order valence-corrected chi connectivity index (χ2v) is 4.35. The number of rotatable bonds is 4. The van der Waals surface area contributed by atoms with E-state index in [9.17, 15) is 4.79 Å². The molecule has 0 saturated heterocycles. The van der Waals surface area contributed by atoms with E-state index < -0.39 is 0 Å². The standard InChI is InChI=1S/C13H17NO3/c1-16-11-5-3-10(4-6-11)13(7-8-13)9-14-12(15)17-2/h3-6H,7-9H2,1-2H3,(H,14,15). The number of hydrogen-bond acceptors (Lipinski definition) is 3. The minimum atomic E-state index is -0.371. The molecule has 0 aliphatic heterocycles. The molecule has 1 aromatic rings. The molecule has 92 valence electrons. The zero-order chi connectivity index (χ0) is 12.3. The Bertz CT molecular complexity index is 396. The van der Waals surface area contributed by atoms with Crippen LogP contribution in [0.15, 0.2) is 24.3 Å². The Kier molecular flexibility index (Phi) is 3.22. The molecule has 2 rings (SSSR count). The Morgan fingerprint density at radius 3 is 2.41 bits per heavy atom. The van der Waals surface area contributed by atoms with Crippen molar-refractivity contribution in [1.29, 1.82) is 0 Å². The zero-order valence-corrected chi connectivity index (χ0v) is 10.2. The Morgan fingerprint density at radius 2 is 1.94 bits per heavy atom. The first-order chi connectivity index (χ1) is 8.20. The van der Waals surface area contributed by atoms with E-state index in [2.05, 4.69) is 22.2 Å². The van der Waals surface area contributed by atoms with E-state index in [4.69, 9.17) is 4.74 Å². The molecule has 1 fully saturated rings. The number of amides is 1. The fraction of sp³-hybridized carbons (Fsp3) is 0.462. The first-order valence-corrected chi connectivity index (χ1v) is 5.66. The van der Waals surface area contributed by atoms with Crippen molar-refractivity contribution in [2.75, 3.05) is 20.8 Å². The predicted octanol–water partition coefficient (Wildman–Crippen LogP) is 2.08. The monoisotopic (exact) mass is 235 g/mol. The van der Waals surface area contributed by atoms with Crippen molar-refractivity contribution in [2.45, 2.75) is 18.3 Å². The number of hydrogen-bond donors (Lipinski definition) is 1. The molecule has 0 bridgehead atoms. The van der Waals surface area contributed by atoms with Crippen LogP contribution in [0, 0.1) is 0 Å². The lowest BCUT2D eigenvalue weighted by molar-refractivity contribution is 0.170. The summed E-state index contributed by atoms with van der Waals surface area (Å²) in [6.45, 7) is 0.631. The molecule has 1 aliphatic carbocycles. The van der Waals surface area contributed by atoms with E-state index in [0.29, 0.717) is 6.54 Å². The van der Waals surface area contributed by atoms with E-state index in [0.717, 1.165) is 18.6 Å². The fourth-order valence-corrected chi connectivity index (χ4v) is 1.98. The molecule has 0 atom stereocenters. The quantitative estimate of drug-likeness (QED) is 0.869. The van der Waals surface area contributed by atoms with Crippen LogP contribution in [0.25, 0.3) is 0 Å². The highest BCUT2D eigenvalue weighted by Gasteiger charge is 2.44. The van der Waals surface area contributed by atoms with Crippen molar-refractivity contribution in [3.05, 3.63) is 29.8 Å². The number of benzene rings is 1.